The van der Waals surface area contributed by atoms with Crippen molar-refractivity contribution in [2.24, 2.45) is 0 Å². The molecule has 0 saturated heterocycles. The van der Waals surface area contributed by atoms with Crippen LogP contribution in [0, 0.1) is 0 Å². The zero-order chi connectivity index (χ0) is 16.0. The number of aliphatic hydroxyl groups is 2. The number of phenolic OH excluding ortho intramolecular Hbond substituents is 1. The molecule has 120 valence electrons. The van der Waals surface area contributed by atoms with Crippen LogP contribution in [0.3, 0.4) is 0 Å². The van der Waals surface area contributed by atoms with Crippen LogP contribution in [-0.4, -0.2) is 46.5 Å². The molecule has 4 heteroatoms. The molecule has 0 aliphatic heterocycles. The fourth-order valence-corrected chi connectivity index (χ4v) is 2.53. The highest BCUT2D eigenvalue weighted by Gasteiger charge is 2.16. The molecule has 0 heterocycles. The van der Waals surface area contributed by atoms with Crippen molar-refractivity contribution in [3.63, 3.8) is 0 Å². The van der Waals surface area contributed by atoms with Crippen molar-refractivity contribution in [3.8, 4) is 5.75 Å². The first kappa shape index (κ1) is 18.0. The van der Waals surface area contributed by atoms with E-state index in [0.717, 1.165) is 16.7 Å². The van der Waals surface area contributed by atoms with E-state index in [1.807, 2.05) is 17.0 Å². The second kappa shape index (κ2) is 8.37. The van der Waals surface area contributed by atoms with Crippen LogP contribution in [-0.2, 0) is 6.54 Å². The van der Waals surface area contributed by atoms with Crippen LogP contribution in [0.5, 0.6) is 5.75 Å². The molecule has 0 aromatic heterocycles. The van der Waals surface area contributed by atoms with Crippen molar-refractivity contribution in [1.29, 1.82) is 0 Å². The standard InChI is InChI=1S/C17H29NO3/c1-12(2)15-9-14(10-16(13(3)4)17(15)21)11-18(5-7-19)6-8-20/h9-10,12-13,19-21H,5-8,11H2,1-4H3. The molecule has 0 spiro atoms. The highest BCUT2D eigenvalue weighted by atomic mass is 16.3. The third-order valence-corrected chi connectivity index (χ3v) is 3.71. The number of hydrogen-bond donors (Lipinski definition) is 3. The van der Waals surface area contributed by atoms with Gasteiger partial charge in [-0.3, -0.25) is 4.90 Å². The number of aromatic hydroxyl groups is 1. The molecule has 0 radical (unpaired) electrons. The average molecular weight is 295 g/mol. The second-order valence-electron chi connectivity index (χ2n) is 6.16. The molecule has 4 nitrogen and oxygen atoms in total. The predicted molar refractivity (Wildman–Crippen MR) is 85.7 cm³/mol. The summed E-state index contributed by atoms with van der Waals surface area (Å²) in [5.74, 6) is 0.915. The minimum Gasteiger partial charge on any atom is -0.507 e. The van der Waals surface area contributed by atoms with E-state index in [9.17, 15) is 5.11 Å². The Bertz CT molecular complexity index is 409. The van der Waals surface area contributed by atoms with E-state index in [1.54, 1.807) is 0 Å². The Labute approximate surface area is 128 Å². The average Bonchev–Trinajstić information content (AvgIpc) is 2.40. The smallest absolute Gasteiger partial charge is 0.122 e. The normalized spacial score (nSPS) is 11.9. The third-order valence-electron chi connectivity index (χ3n) is 3.71. The summed E-state index contributed by atoms with van der Waals surface area (Å²) in [6.45, 7) is 10.2. The van der Waals surface area contributed by atoms with Crippen LogP contribution >= 0.6 is 0 Å². The third kappa shape index (κ3) is 4.99. The Morgan fingerprint density at radius 3 is 1.67 bits per heavy atom. The van der Waals surface area contributed by atoms with E-state index in [-0.39, 0.29) is 25.0 Å². The Hall–Kier alpha value is -1.10. The van der Waals surface area contributed by atoms with Crippen LogP contribution < -0.4 is 0 Å². The summed E-state index contributed by atoms with van der Waals surface area (Å²) in [5.41, 5.74) is 3.04. The number of rotatable bonds is 8. The molecule has 3 N–H and O–H groups in total. The predicted octanol–water partition coefficient (Wildman–Crippen LogP) is 2.43. The molecule has 0 atom stereocenters. The summed E-state index contributed by atoms with van der Waals surface area (Å²) in [7, 11) is 0. The van der Waals surface area contributed by atoms with Gasteiger partial charge in [0.15, 0.2) is 0 Å². The zero-order valence-electron chi connectivity index (χ0n) is 13.6. The molecule has 21 heavy (non-hydrogen) atoms. The molecule has 0 aliphatic rings. The van der Waals surface area contributed by atoms with Gasteiger partial charge >= 0.3 is 0 Å². The fraction of sp³-hybridized carbons (Fsp3) is 0.647. The minimum atomic E-state index is 0.0756. The summed E-state index contributed by atoms with van der Waals surface area (Å²) in [4.78, 5) is 2.01. The van der Waals surface area contributed by atoms with E-state index in [4.69, 9.17) is 10.2 Å². The van der Waals surface area contributed by atoms with Gasteiger partial charge in [-0.25, -0.2) is 0 Å². The van der Waals surface area contributed by atoms with Gasteiger partial charge in [0.1, 0.15) is 5.75 Å². The first-order chi connectivity index (χ1) is 9.90. The summed E-state index contributed by atoms with van der Waals surface area (Å²) in [5, 5.41) is 28.6. The maximum atomic E-state index is 10.4. The number of aliphatic hydroxyl groups excluding tert-OH is 2. The fourth-order valence-electron chi connectivity index (χ4n) is 2.53. The largest absolute Gasteiger partial charge is 0.507 e. The van der Waals surface area contributed by atoms with Gasteiger partial charge in [-0.1, -0.05) is 39.8 Å². The van der Waals surface area contributed by atoms with Gasteiger partial charge in [0.25, 0.3) is 0 Å². The highest BCUT2D eigenvalue weighted by Crippen LogP contribution is 2.35. The molecule has 0 amide bonds. The van der Waals surface area contributed by atoms with E-state index in [2.05, 4.69) is 27.7 Å². The van der Waals surface area contributed by atoms with Gasteiger partial charge in [-0.15, -0.1) is 0 Å². The molecule has 0 saturated carbocycles. The Kier molecular flexibility index (Phi) is 7.15. The topological polar surface area (TPSA) is 63.9 Å². The summed E-state index contributed by atoms with van der Waals surface area (Å²) < 4.78 is 0. The second-order valence-corrected chi connectivity index (χ2v) is 6.16. The monoisotopic (exact) mass is 295 g/mol. The van der Waals surface area contributed by atoms with Crippen LogP contribution in [0.1, 0.15) is 56.2 Å². The maximum Gasteiger partial charge on any atom is 0.122 e. The van der Waals surface area contributed by atoms with Gasteiger partial charge < -0.3 is 15.3 Å². The molecule has 0 aliphatic carbocycles. The lowest BCUT2D eigenvalue weighted by Gasteiger charge is -2.23. The number of benzene rings is 1. The highest BCUT2D eigenvalue weighted by molar-refractivity contribution is 5.46. The Morgan fingerprint density at radius 2 is 1.33 bits per heavy atom. The number of nitrogens with zero attached hydrogens (tertiary/aromatic N) is 1. The lowest BCUT2D eigenvalue weighted by Crippen LogP contribution is -2.29. The number of hydrogen-bond acceptors (Lipinski definition) is 4. The van der Waals surface area contributed by atoms with Crippen LogP contribution in [0.25, 0.3) is 0 Å². The van der Waals surface area contributed by atoms with Crippen molar-refractivity contribution in [2.75, 3.05) is 26.3 Å². The molecule has 1 aromatic carbocycles. The Balaban J connectivity index is 3.11. The van der Waals surface area contributed by atoms with Crippen molar-refractivity contribution in [1.82, 2.24) is 4.90 Å². The molecular weight excluding hydrogens is 266 g/mol. The molecular formula is C17H29NO3. The van der Waals surface area contributed by atoms with E-state index < -0.39 is 0 Å². The molecule has 0 fully saturated rings. The van der Waals surface area contributed by atoms with Crippen molar-refractivity contribution < 1.29 is 15.3 Å². The summed E-state index contributed by atoms with van der Waals surface area (Å²) in [6.07, 6.45) is 0. The van der Waals surface area contributed by atoms with Gasteiger partial charge in [0.05, 0.1) is 13.2 Å². The molecule has 1 rings (SSSR count). The summed E-state index contributed by atoms with van der Waals surface area (Å²) in [6, 6.07) is 4.07. The van der Waals surface area contributed by atoms with Gasteiger partial charge in [0.2, 0.25) is 0 Å². The lowest BCUT2D eigenvalue weighted by molar-refractivity contribution is 0.156. The van der Waals surface area contributed by atoms with Crippen molar-refractivity contribution in [3.05, 3.63) is 28.8 Å². The SMILES string of the molecule is CC(C)c1cc(CN(CCO)CCO)cc(C(C)C)c1O. The van der Waals surface area contributed by atoms with E-state index in [1.165, 1.54) is 0 Å². The van der Waals surface area contributed by atoms with Crippen LogP contribution in [0.15, 0.2) is 12.1 Å². The molecule has 0 bridgehead atoms. The van der Waals surface area contributed by atoms with Crippen LogP contribution in [0.4, 0.5) is 0 Å². The van der Waals surface area contributed by atoms with Crippen molar-refractivity contribution >= 4 is 0 Å². The lowest BCUT2D eigenvalue weighted by atomic mass is 9.91. The molecule has 1 aromatic rings. The zero-order valence-corrected chi connectivity index (χ0v) is 13.6. The quantitative estimate of drug-likeness (QED) is 0.689. The van der Waals surface area contributed by atoms with E-state index in [0.29, 0.717) is 25.4 Å². The van der Waals surface area contributed by atoms with Crippen molar-refractivity contribution in [2.45, 2.75) is 46.1 Å². The van der Waals surface area contributed by atoms with E-state index >= 15 is 0 Å². The van der Waals surface area contributed by atoms with Crippen LogP contribution in [0.2, 0.25) is 0 Å². The summed E-state index contributed by atoms with van der Waals surface area (Å²) >= 11 is 0. The first-order valence-electron chi connectivity index (χ1n) is 7.70. The minimum absolute atomic E-state index is 0.0756. The van der Waals surface area contributed by atoms with Gasteiger partial charge in [-0.05, 0) is 28.5 Å². The first-order valence-corrected chi connectivity index (χ1v) is 7.70. The van der Waals surface area contributed by atoms with Gasteiger partial charge in [-0.2, -0.15) is 0 Å². The van der Waals surface area contributed by atoms with Gasteiger partial charge in [0, 0.05) is 19.6 Å². The maximum absolute atomic E-state index is 10.4. The number of phenols is 1. The molecule has 0 unspecified atom stereocenters. The Morgan fingerprint density at radius 1 is 0.905 bits per heavy atom.